The number of para-hydroxylation sites is 1. The Morgan fingerprint density at radius 2 is 2.24 bits per heavy atom. The second-order valence-electron chi connectivity index (χ2n) is 4.40. The highest BCUT2D eigenvalue weighted by Crippen LogP contribution is 2.26. The Morgan fingerprint density at radius 3 is 2.95 bits per heavy atom. The van der Waals surface area contributed by atoms with Gasteiger partial charge in [-0.25, -0.2) is 14.5 Å². The third-order valence-corrected chi connectivity index (χ3v) is 2.93. The van der Waals surface area contributed by atoms with Crippen molar-refractivity contribution in [3.63, 3.8) is 0 Å². The van der Waals surface area contributed by atoms with Crippen molar-refractivity contribution in [3.8, 4) is 5.75 Å². The zero-order valence-electron chi connectivity index (χ0n) is 12.1. The summed E-state index contributed by atoms with van der Waals surface area (Å²) in [5.41, 5.74) is 6.45. The highest BCUT2D eigenvalue weighted by molar-refractivity contribution is 5.94. The molecule has 7 heteroatoms. The van der Waals surface area contributed by atoms with E-state index in [0.29, 0.717) is 22.8 Å². The Bertz CT molecular complexity index is 624. The molecule has 1 aromatic heterocycles. The molecule has 0 saturated heterocycles. The van der Waals surface area contributed by atoms with E-state index in [2.05, 4.69) is 10.1 Å². The molecule has 0 unspecified atom stereocenters. The molecule has 0 fully saturated rings. The summed E-state index contributed by atoms with van der Waals surface area (Å²) in [7, 11) is 1.46. The minimum Gasteiger partial charge on any atom is -0.494 e. The molecule has 0 bridgehead atoms. The fourth-order valence-electron chi connectivity index (χ4n) is 1.95. The van der Waals surface area contributed by atoms with E-state index < -0.39 is 5.97 Å². The average Bonchev–Trinajstić information content (AvgIpc) is 2.92. The molecule has 2 rings (SSSR count). The molecular formula is C14H18N4O3. The number of rotatable bonds is 6. The maximum absolute atomic E-state index is 12.1. The number of benzene rings is 1. The van der Waals surface area contributed by atoms with E-state index in [-0.39, 0.29) is 6.61 Å². The standard InChI is InChI=1S/C14H18N4O3/c1-3-7-18-12(16-9-17-18)8-21-14(19)10-5-4-6-11(15)13(10)20-2/h4-6,9H,3,7-8,15H2,1-2H3. The number of nitrogen functional groups attached to an aromatic ring is 1. The smallest absolute Gasteiger partial charge is 0.342 e. The number of ether oxygens (including phenoxy) is 2. The van der Waals surface area contributed by atoms with Gasteiger partial charge in [-0.15, -0.1) is 0 Å². The van der Waals surface area contributed by atoms with Crippen molar-refractivity contribution in [2.24, 2.45) is 0 Å². The van der Waals surface area contributed by atoms with Crippen LogP contribution in [0.3, 0.4) is 0 Å². The Balaban J connectivity index is 2.08. The van der Waals surface area contributed by atoms with E-state index in [1.807, 2.05) is 6.92 Å². The minimum atomic E-state index is -0.509. The molecule has 7 nitrogen and oxygen atoms in total. The van der Waals surface area contributed by atoms with Crippen molar-refractivity contribution in [1.29, 1.82) is 0 Å². The van der Waals surface area contributed by atoms with Crippen LogP contribution in [-0.4, -0.2) is 27.8 Å². The fraction of sp³-hybridized carbons (Fsp3) is 0.357. The zero-order valence-corrected chi connectivity index (χ0v) is 12.1. The van der Waals surface area contributed by atoms with Crippen LogP contribution in [0.15, 0.2) is 24.5 Å². The normalized spacial score (nSPS) is 10.4. The third-order valence-electron chi connectivity index (χ3n) is 2.93. The second kappa shape index (κ2) is 6.74. The first-order chi connectivity index (χ1) is 10.2. The summed E-state index contributed by atoms with van der Waals surface area (Å²) in [6, 6.07) is 4.94. The first kappa shape index (κ1) is 14.8. The number of aryl methyl sites for hydroxylation is 1. The number of anilines is 1. The number of nitrogens with zero attached hydrogens (tertiary/aromatic N) is 3. The highest BCUT2D eigenvalue weighted by atomic mass is 16.5. The summed E-state index contributed by atoms with van der Waals surface area (Å²) < 4.78 is 12.1. The Kier molecular flexibility index (Phi) is 4.76. The van der Waals surface area contributed by atoms with Crippen LogP contribution in [0.4, 0.5) is 5.69 Å². The van der Waals surface area contributed by atoms with Gasteiger partial charge < -0.3 is 15.2 Å². The maximum Gasteiger partial charge on any atom is 0.342 e. The second-order valence-corrected chi connectivity index (χ2v) is 4.40. The van der Waals surface area contributed by atoms with Gasteiger partial charge >= 0.3 is 5.97 Å². The molecule has 2 N–H and O–H groups in total. The van der Waals surface area contributed by atoms with Gasteiger partial charge in [0, 0.05) is 6.54 Å². The van der Waals surface area contributed by atoms with Crippen molar-refractivity contribution in [2.45, 2.75) is 26.5 Å². The lowest BCUT2D eigenvalue weighted by Crippen LogP contribution is -2.12. The van der Waals surface area contributed by atoms with E-state index in [1.165, 1.54) is 13.4 Å². The van der Waals surface area contributed by atoms with E-state index in [1.54, 1.807) is 22.9 Å². The lowest BCUT2D eigenvalue weighted by atomic mass is 10.2. The molecule has 0 amide bonds. The molecule has 112 valence electrons. The molecule has 0 saturated carbocycles. The highest BCUT2D eigenvalue weighted by Gasteiger charge is 2.17. The number of esters is 1. The molecule has 1 aromatic carbocycles. The first-order valence-corrected chi connectivity index (χ1v) is 6.63. The number of hydrogen-bond donors (Lipinski definition) is 1. The van der Waals surface area contributed by atoms with E-state index in [4.69, 9.17) is 15.2 Å². The van der Waals surface area contributed by atoms with Gasteiger partial charge in [0.2, 0.25) is 0 Å². The summed E-state index contributed by atoms with van der Waals surface area (Å²) in [6.07, 6.45) is 2.37. The summed E-state index contributed by atoms with van der Waals surface area (Å²) in [5.74, 6) is 0.413. The summed E-state index contributed by atoms with van der Waals surface area (Å²) in [5, 5.41) is 4.07. The molecule has 1 heterocycles. The van der Waals surface area contributed by atoms with Crippen molar-refractivity contribution in [1.82, 2.24) is 14.8 Å². The predicted molar refractivity (Wildman–Crippen MR) is 76.8 cm³/mol. The number of hydrogen-bond acceptors (Lipinski definition) is 6. The molecule has 0 radical (unpaired) electrons. The van der Waals surface area contributed by atoms with Crippen LogP contribution in [0.5, 0.6) is 5.75 Å². The van der Waals surface area contributed by atoms with Crippen molar-refractivity contribution < 1.29 is 14.3 Å². The van der Waals surface area contributed by atoms with Gasteiger partial charge in [0.15, 0.2) is 18.2 Å². The van der Waals surface area contributed by atoms with E-state index >= 15 is 0 Å². The Morgan fingerprint density at radius 1 is 1.43 bits per heavy atom. The van der Waals surface area contributed by atoms with Crippen molar-refractivity contribution in [2.75, 3.05) is 12.8 Å². The Hall–Kier alpha value is -2.57. The van der Waals surface area contributed by atoms with Gasteiger partial charge in [-0.3, -0.25) is 0 Å². The molecular weight excluding hydrogens is 272 g/mol. The number of methoxy groups -OCH3 is 1. The van der Waals surface area contributed by atoms with Gasteiger partial charge in [0.25, 0.3) is 0 Å². The van der Waals surface area contributed by atoms with Gasteiger partial charge in [0.05, 0.1) is 12.8 Å². The van der Waals surface area contributed by atoms with Crippen molar-refractivity contribution in [3.05, 3.63) is 35.9 Å². The van der Waals surface area contributed by atoms with Gasteiger partial charge in [-0.1, -0.05) is 13.0 Å². The molecule has 0 aliphatic carbocycles. The van der Waals surface area contributed by atoms with Gasteiger partial charge in [-0.2, -0.15) is 5.10 Å². The molecule has 21 heavy (non-hydrogen) atoms. The van der Waals surface area contributed by atoms with Crippen LogP contribution >= 0.6 is 0 Å². The first-order valence-electron chi connectivity index (χ1n) is 6.63. The minimum absolute atomic E-state index is 0.0524. The molecule has 0 atom stereocenters. The van der Waals surface area contributed by atoms with E-state index in [0.717, 1.165) is 13.0 Å². The predicted octanol–water partition coefficient (Wildman–Crippen LogP) is 1.64. The molecule has 0 aliphatic rings. The van der Waals surface area contributed by atoms with Crippen LogP contribution in [0, 0.1) is 0 Å². The summed E-state index contributed by atoms with van der Waals surface area (Å²) in [4.78, 5) is 16.2. The molecule has 2 aromatic rings. The van der Waals surface area contributed by atoms with Crippen LogP contribution in [0.1, 0.15) is 29.5 Å². The largest absolute Gasteiger partial charge is 0.494 e. The van der Waals surface area contributed by atoms with Gasteiger partial charge in [0.1, 0.15) is 11.9 Å². The monoisotopic (exact) mass is 290 g/mol. The Labute approximate surface area is 122 Å². The van der Waals surface area contributed by atoms with Crippen molar-refractivity contribution >= 4 is 11.7 Å². The lowest BCUT2D eigenvalue weighted by molar-refractivity contribution is 0.0453. The SMILES string of the molecule is CCCn1ncnc1COC(=O)c1cccc(N)c1OC. The number of carbonyl (C=O) groups excluding carboxylic acids is 1. The van der Waals surface area contributed by atoms with Crippen LogP contribution in [0.25, 0.3) is 0 Å². The van der Waals surface area contributed by atoms with Crippen LogP contribution in [0.2, 0.25) is 0 Å². The molecule has 0 spiro atoms. The third kappa shape index (κ3) is 3.31. The number of nitrogens with two attached hydrogens (primary N) is 1. The maximum atomic E-state index is 12.1. The topological polar surface area (TPSA) is 92.3 Å². The summed E-state index contributed by atoms with van der Waals surface area (Å²) in [6.45, 7) is 2.82. The zero-order chi connectivity index (χ0) is 15.2. The number of carbonyl (C=O) groups is 1. The number of aromatic nitrogens is 3. The van der Waals surface area contributed by atoms with Crippen LogP contribution in [-0.2, 0) is 17.9 Å². The van der Waals surface area contributed by atoms with Crippen LogP contribution < -0.4 is 10.5 Å². The molecule has 0 aliphatic heterocycles. The average molecular weight is 290 g/mol. The fourth-order valence-corrected chi connectivity index (χ4v) is 1.95. The summed E-state index contributed by atoms with van der Waals surface area (Å²) >= 11 is 0. The lowest BCUT2D eigenvalue weighted by Gasteiger charge is -2.10. The quantitative estimate of drug-likeness (QED) is 0.642. The van der Waals surface area contributed by atoms with E-state index in [9.17, 15) is 4.79 Å². The van der Waals surface area contributed by atoms with Gasteiger partial charge in [-0.05, 0) is 18.6 Å².